The van der Waals surface area contributed by atoms with E-state index in [1.165, 1.54) is 4.68 Å². The fourth-order valence-electron chi connectivity index (χ4n) is 2.60. The van der Waals surface area contributed by atoms with E-state index in [9.17, 15) is 14.4 Å². The molecule has 1 aromatic heterocycles. The van der Waals surface area contributed by atoms with Gasteiger partial charge >= 0.3 is 12.1 Å². The number of ketones is 1. The molecule has 2 aromatic carbocycles. The molecule has 172 valence electrons. The van der Waals surface area contributed by atoms with Gasteiger partial charge in [0.25, 0.3) is 0 Å². The molecule has 1 unspecified atom stereocenters. The van der Waals surface area contributed by atoms with E-state index in [4.69, 9.17) is 33.0 Å². The van der Waals surface area contributed by atoms with Crippen molar-refractivity contribution in [2.24, 2.45) is 0 Å². The number of aromatic nitrogens is 4. The molecule has 0 saturated heterocycles. The summed E-state index contributed by atoms with van der Waals surface area (Å²) in [5, 5.41) is 23.7. The SMILES string of the molecule is O=C(O)CC(NC(=O)OCc1ccccc1)C(=O)Cn1nnnc1Sc1ccc(Cl)c(Cl)c1. The van der Waals surface area contributed by atoms with Crippen LogP contribution in [0.2, 0.25) is 10.0 Å². The van der Waals surface area contributed by atoms with Gasteiger partial charge in [0.15, 0.2) is 5.78 Å². The molecular formula is C20H17Cl2N5O5S. The van der Waals surface area contributed by atoms with E-state index in [0.717, 1.165) is 17.3 Å². The number of Topliss-reactive ketones (excluding diaryl/α,β-unsaturated/α-hetero) is 1. The van der Waals surface area contributed by atoms with Crippen LogP contribution in [-0.2, 0) is 27.5 Å². The Balaban J connectivity index is 1.64. The number of nitrogens with one attached hydrogen (secondary N) is 1. The largest absolute Gasteiger partial charge is 0.481 e. The quantitative estimate of drug-likeness (QED) is 0.420. The number of hydrogen-bond donors (Lipinski definition) is 2. The number of carbonyl (C=O) groups is 3. The summed E-state index contributed by atoms with van der Waals surface area (Å²) in [6.07, 6.45) is -1.54. The molecule has 3 rings (SSSR count). The van der Waals surface area contributed by atoms with E-state index < -0.39 is 30.3 Å². The molecule has 0 spiro atoms. The van der Waals surface area contributed by atoms with E-state index in [-0.39, 0.29) is 18.3 Å². The standard InChI is InChI=1S/C20H17Cl2N5O5S/c21-14-7-6-13(8-15(14)22)33-19-24-25-26-27(19)10-17(28)16(9-18(29)30)23-20(31)32-11-12-4-2-1-3-5-12/h1-8,16H,9-11H2,(H,23,31)(H,29,30). The number of hydrogen-bond acceptors (Lipinski definition) is 8. The average molecular weight is 510 g/mol. The molecule has 1 amide bonds. The lowest BCUT2D eigenvalue weighted by atomic mass is 10.1. The Morgan fingerprint density at radius 3 is 2.58 bits per heavy atom. The molecule has 1 atom stereocenters. The molecule has 0 fully saturated rings. The Kier molecular flexibility index (Phi) is 8.64. The molecule has 2 N–H and O–H groups in total. The molecule has 0 aliphatic carbocycles. The Morgan fingerprint density at radius 2 is 1.88 bits per heavy atom. The van der Waals surface area contributed by atoms with Gasteiger partial charge in [0.05, 0.1) is 16.5 Å². The van der Waals surface area contributed by atoms with Gasteiger partial charge in [0, 0.05) is 4.90 Å². The number of rotatable bonds is 10. The summed E-state index contributed by atoms with van der Waals surface area (Å²) >= 11 is 13.1. The van der Waals surface area contributed by atoms with Crippen molar-refractivity contribution in [2.45, 2.75) is 35.7 Å². The molecule has 13 heteroatoms. The topological polar surface area (TPSA) is 136 Å². The van der Waals surface area contributed by atoms with Crippen LogP contribution in [0.15, 0.2) is 58.6 Å². The van der Waals surface area contributed by atoms with Gasteiger partial charge in [0.1, 0.15) is 19.2 Å². The van der Waals surface area contributed by atoms with Crippen LogP contribution in [0.1, 0.15) is 12.0 Å². The van der Waals surface area contributed by atoms with Crippen LogP contribution in [0.25, 0.3) is 0 Å². The molecule has 0 aliphatic heterocycles. The summed E-state index contributed by atoms with van der Waals surface area (Å²) in [6, 6.07) is 12.5. The molecule has 1 heterocycles. The summed E-state index contributed by atoms with van der Waals surface area (Å²) in [5.74, 6) is -1.88. The summed E-state index contributed by atoms with van der Waals surface area (Å²) < 4.78 is 6.28. The highest BCUT2D eigenvalue weighted by atomic mass is 35.5. The number of carbonyl (C=O) groups excluding carboxylic acids is 2. The van der Waals surface area contributed by atoms with Crippen molar-refractivity contribution in [3.05, 3.63) is 64.1 Å². The lowest BCUT2D eigenvalue weighted by Gasteiger charge is -2.16. The van der Waals surface area contributed by atoms with Gasteiger partial charge in [0.2, 0.25) is 5.16 Å². The van der Waals surface area contributed by atoms with Crippen LogP contribution in [-0.4, -0.2) is 49.2 Å². The summed E-state index contributed by atoms with van der Waals surface area (Å²) in [7, 11) is 0. The number of ether oxygens (including phenoxy) is 1. The van der Waals surface area contributed by atoms with Gasteiger partial charge in [-0.3, -0.25) is 9.59 Å². The number of halogens is 2. The number of nitrogens with zero attached hydrogens (tertiary/aromatic N) is 4. The van der Waals surface area contributed by atoms with Crippen molar-refractivity contribution >= 4 is 52.8 Å². The second-order valence-corrected chi connectivity index (χ2v) is 8.47. The maximum absolute atomic E-state index is 12.8. The minimum absolute atomic E-state index is 0.0297. The first-order valence-electron chi connectivity index (χ1n) is 9.42. The predicted molar refractivity (Wildman–Crippen MR) is 119 cm³/mol. The fraction of sp³-hybridized carbons (Fsp3) is 0.200. The second kappa shape index (κ2) is 11.6. The third-order valence-electron chi connectivity index (χ3n) is 4.18. The Labute approximate surface area is 202 Å². The van der Waals surface area contributed by atoms with Crippen molar-refractivity contribution in [1.29, 1.82) is 0 Å². The molecule has 0 saturated carbocycles. The van der Waals surface area contributed by atoms with Crippen molar-refractivity contribution < 1.29 is 24.2 Å². The van der Waals surface area contributed by atoms with Crippen LogP contribution >= 0.6 is 35.0 Å². The maximum atomic E-state index is 12.8. The van der Waals surface area contributed by atoms with E-state index in [2.05, 4.69) is 20.8 Å². The zero-order valence-electron chi connectivity index (χ0n) is 16.9. The summed E-state index contributed by atoms with van der Waals surface area (Å²) in [4.78, 5) is 36.8. The number of benzene rings is 2. The summed E-state index contributed by atoms with van der Waals surface area (Å²) in [5.41, 5.74) is 0.742. The zero-order valence-corrected chi connectivity index (χ0v) is 19.2. The number of aliphatic carboxylic acids is 1. The van der Waals surface area contributed by atoms with Gasteiger partial charge in [-0.15, -0.1) is 5.10 Å². The highest BCUT2D eigenvalue weighted by molar-refractivity contribution is 7.99. The third kappa shape index (κ3) is 7.45. The third-order valence-corrected chi connectivity index (χ3v) is 5.88. The lowest BCUT2D eigenvalue weighted by molar-refractivity contribution is -0.139. The molecule has 0 radical (unpaired) electrons. The second-order valence-electron chi connectivity index (χ2n) is 6.62. The van der Waals surface area contributed by atoms with E-state index >= 15 is 0 Å². The fourth-order valence-corrected chi connectivity index (χ4v) is 3.77. The number of tetrazole rings is 1. The molecule has 10 nitrogen and oxygen atoms in total. The van der Waals surface area contributed by atoms with Gasteiger partial charge in [-0.1, -0.05) is 53.5 Å². The first kappa shape index (κ1) is 24.5. The molecular weight excluding hydrogens is 493 g/mol. The Bertz CT molecular complexity index is 1140. The predicted octanol–water partition coefficient (Wildman–Crippen LogP) is 3.47. The van der Waals surface area contributed by atoms with E-state index in [1.807, 2.05) is 6.07 Å². The Hall–Kier alpha value is -3.15. The van der Waals surface area contributed by atoms with Gasteiger partial charge < -0.3 is 15.2 Å². The van der Waals surface area contributed by atoms with Gasteiger partial charge in [-0.2, -0.15) is 0 Å². The van der Waals surface area contributed by atoms with Crippen LogP contribution in [0.4, 0.5) is 4.79 Å². The van der Waals surface area contributed by atoms with Crippen molar-refractivity contribution in [1.82, 2.24) is 25.5 Å². The van der Waals surface area contributed by atoms with Crippen LogP contribution in [0.3, 0.4) is 0 Å². The minimum Gasteiger partial charge on any atom is -0.481 e. The number of amides is 1. The van der Waals surface area contributed by atoms with Crippen molar-refractivity contribution in [2.75, 3.05) is 0 Å². The summed E-state index contributed by atoms with van der Waals surface area (Å²) in [6.45, 7) is -0.397. The van der Waals surface area contributed by atoms with E-state index in [1.54, 1.807) is 42.5 Å². The number of carboxylic acid groups (broad SMARTS) is 1. The normalized spacial score (nSPS) is 11.6. The first-order chi connectivity index (χ1) is 15.8. The monoisotopic (exact) mass is 509 g/mol. The molecule has 0 bridgehead atoms. The van der Waals surface area contributed by atoms with Crippen LogP contribution < -0.4 is 5.32 Å². The smallest absolute Gasteiger partial charge is 0.408 e. The molecule has 33 heavy (non-hydrogen) atoms. The highest BCUT2D eigenvalue weighted by Gasteiger charge is 2.26. The van der Waals surface area contributed by atoms with E-state index in [0.29, 0.717) is 14.9 Å². The van der Waals surface area contributed by atoms with Crippen LogP contribution in [0.5, 0.6) is 0 Å². The number of alkyl carbamates (subject to hydrolysis) is 1. The highest BCUT2D eigenvalue weighted by Crippen LogP contribution is 2.31. The first-order valence-corrected chi connectivity index (χ1v) is 11.0. The Morgan fingerprint density at radius 1 is 1.12 bits per heavy atom. The van der Waals surface area contributed by atoms with Gasteiger partial charge in [-0.25, -0.2) is 9.48 Å². The minimum atomic E-state index is -1.34. The zero-order chi connectivity index (χ0) is 23.8. The number of carboxylic acids is 1. The van der Waals surface area contributed by atoms with Crippen molar-refractivity contribution in [3.8, 4) is 0 Å². The average Bonchev–Trinajstić information content (AvgIpc) is 3.21. The molecule has 3 aromatic rings. The lowest BCUT2D eigenvalue weighted by Crippen LogP contribution is -2.44. The van der Waals surface area contributed by atoms with Gasteiger partial charge in [-0.05, 0) is 46.0 Å². The molecule has 0 aliphatic rings. The van der Waals surface area contributed by atoms with Crippen LogP contribution in [0, 0.1) is 0 Å². The maximum Gasteiger partial charge on any atom is 0.408 e. The van der Waals surface area contributed by atoms with Crippen molar-refractivity contribution in [3.63, 3.8) is 0 Å².